The molecule has 4 heteroatoms. The largest absolute Gasteiger partial charge is 0.312 e. The number of hydrogen-bond acceptors (Lipinski definition) is 3. The molecule has 1 aromatic rings. The first-order valence-corrected chi connectivity index (χ1v) is 6.34. The third kappa shape index (κ3) is 3.97. The van der Waals surface area contributed by atoms with Crippen molar-refractivity contribution in [1.29, 1.82) is 0 Å². The average molecular weight is 237 g/mol. The van der Waals surface area contributed by atoms with Crippen LogP contribution < -0.4 is 10.9 Å². The summed E-state index contributed by atoms with van der Waals surface area (Å²) < 4.78 is 1.44. The quantitative estimate of drug-likeness (QED) is 0.767. The van der Waals surface area contributed by atoms with E-state index in [-0.39, 0.29) is 5.56 Å². The highest BCUT2D eigenvalue weighted by atomic mass is 16.1. The van der Waals surface area contributed by atoms with Crippen LogP contribution in [0, 0.1) is 0 Å². The van der Waals surface area contributed by atoms with Gasteiger partial charge in [-0.2, -0.15) is 5.10 Å². The van der Waals surface area contributed by atoms with E-state index in [1.165, 1.54) is 11.1 Å². The van der Waals surface area contributed by atoms with Crippen molar-refractivity contribution >= 4 is 0 Å². The molecule has 0 amide bonds. The van der Waals surface area contributed by atoms with Crippen molar-refractivity contribution in [3.63, 3.8) is 0 Å². The Balaban J connectivity index is 2.79. The van der Waals surface area contributed by atoms with Crippen LogP contribution in [0.3, 0.4) is 0 Å². The minimum atomic E-state index is -0.00148. The topological polar surface area (TPSA) is 46.9 Å². The van der Waals surface area contributed by atoms with Crippen LogP contribution in [0.25, 0.3) is 0 Å². The van der Waals surface area contributed by atoms with E-state index >= 15 is 0 Å². The summed E-state index contributed by atoms with van der Waals surface area (Å²) >= 11 is 0. The van der Waals surface area contributed by atoms with E-state index in [0.29, 0.717) is 12.5 Å². The van der Waals surface area contributed by atoms with Crippen molar-refractivity contribution in [3.8, 4) is 0 Å². The van der Waals surface area contributed by atoms with Gasteiger partial charge in [0.1, 0.15) is 0 Å². The number of aryl methyl sites for hydroxylation is 1. The monoisotopic (exact) mass is 237 g/mol. The van der Waals surface area contributed by atoms with E-state index in [1.807, 2.05) is 6.07 Å². The van der Waals surface area contributed by atoms with Gasteiger partial charge >= 0.3 is 0 Å². The highest BCUT2D eigenvalue weighted by molar-refractivity contribution is 5.15. The van der Waals surface area contributed by atoms with Crippen molar-refractivity contribution in [1.82, 2.24) is 15.1 Å². The molecule has 4 nitrogen and oxygen atoms in total. The fraction of sp³-hybridized carbons (Fsp3) is 0.692. The molecule has 0 radical (unpaired) electrons. The van der Waals surface area contributed by atoms with E-state index in [0.717, 1.165) is 24.2 Å². The normalized spacial score (nSPS) is 11.1. The van der Waals surface area contributed by atoms with Crippen molar-refractivity contribution in [2.45, 2.75) is 46.1 Å². The molecule has 0 atom stereocenters. The molecule has 1 heterocycles. The van der Waals surface area contributed by atoms with Gasteiger partial charge in [0.05, 0.1) is 5.69 Å². The van der Waals surface area contributed by atoms with Gasteiger partial charge in [-0.05, 0) is 24.9 Å². The molecular formula is C13H23N3O. The Hall–Kier alpha value is -1.16. The predicted molar refractivity (Wildman–Crippen MR) is 70.2 cm³/mol. The van der Waals surface area contributed by atoms with Gasteiger partial charge in [-0.1, -0.05) is 27.2 Å². The van der Waals surface area contributed by atoms with Crippen LogP contribution in [0.2, 0.25) is 0 Å². The van der Waals surface area contributed by atoms with Gasteiger partial charge in [0, 0.05) is 19.2 Å². The smallest absolute Gasteiger partial charge is 0.270 e. The first-order chi connectivity index (χ1) is 8.06. The molecule has 0 aliphatic heterocycles. The average Bonchev–Trinajstić information content (AvgIpc) is 2.29. The fourth-order valence-electron chi connectivity index (χ4n) is 1.63. The number of hydrogen-bond donors (Lipinski definition) is 1. The summed E-state index contributed by atoms with van der Waals surface area (Å²) in [6.45, 7) is 7.92. The highest BCUT2D eigenvalue weighted by Gasteiger charge is 2.08. The molecular weight excluding hydrogens is 214 g/mol. The molecule has 0 spiro atoms. The Kier molecular flexibility index (Phi) is 5.35. The maximum atomic E-state index is 11.9. The van der Waals surface area contributed by atoms with Crippen LogP contribution in [0.1, 0.15) is 50.8 Å². The highest BCUT2D eigenvalue weighted by Crippen LogP contribution is 2.10. The molecule has 0 fully saturated rings. The zero-order valence-corrected chi connectivity index (χ0v) is 11.3. The minimum absolute atomic E-state index is 0.00148. The summed E-state index contributed by atoms with van der Waals surface area (Å²) in [5.74, 6) is 0.344. The number of aromatic nitrogens is 2. The third-order valence-corrected chi connectivity index (χ3v) is 2.77. The number of rotatable bonds is 6. The van der Waals surface area contributed by atoms with Crippen LogP contribution in [-0.2, 0) is 13.6 Å². The summed E-state index contributed by atoms with van der Waals surface area (Å²) in [5, 5.41) is 7.55. The van der Waals surface area contributed by atoms with Crippen LogP contribution in [0.15, 0.2) is 10.9 Å². The van der Waals surface area contributed by atoms with Gasteiger partial charge < -0.3 is 5.32 Å². The Bertz CT molecular complexity index is 410. The van der Waals surface area contributed by atoms with Crippen LogP contribution in [-0.4, -0.2) is 16.3 Å². The lowest BCUT2D eigenvalue weighted by atomic mass is 10.1. The van der Waals surface area contributed by atoms with E-state index < -0.39 is 0 Å². The molecule has 0 aliphatic rings. The Morgan fingerprint density at radius 3 is 2.76 bits per heavy atom. The lowest BCUT2D eigenvalue weighted by molar-refractivity contribution is 0.606. The molecule has 96 valence electrons. The molecule has 1 aromatic heterocycles. The summed E-state index contributed by atoms with van der Waals surface area (Å²) in [6, 6.07) is 1.92. The molecule has 17 heavy (non-hydrogen) atoms. The molecule has 1 rings (SSSR count). The van der Waals surface area contributed by atoms with Crippen molar-refractivity contribution in [2.75, 3.05) is 6.54 Å². The summed E-state index contributed by atoms with van der Waals surface area (Å²) in [4.78, 5) is 11.9. The molecule has 0 saturated heterocycles. The van der Waals surface area contributed by atoms with Crippen LogP contribution in [0.5, 0.6) is 0 Å². The molecule has 0 saturated carbocycles. The standard InChI is InChI=1S/C13H23N3O/c1-5-6-7-14-9-11-8-12(10(2)3)15-16(4)13(11)17/h8,10,14H,5-7,9H2,1-4H3. The second-order valence-corrected chi connectivity index (χ2v) is 4.71. The number of nitrogens with zero attached hydrogens (tertiary/aromatic N) is 2. The zero-order chi connectivity index (χ0) is 12.8. The SMILES string of the molecule is CCCCNCc1cc(C(C)C)nn(C)c1=O. The van der Waals surface area contributed by atoms with Gasteiger partial charge in [-0.25, -0.2) is 4.68 Å². The van der Waals surface area contributed by atoms with Crippen LogP contribution in [0.4, 0.5) is 0 Å². The fourth-order valence-corrected chi connectivity index (χ4v) is 1.63. The van der Waals surface area contributed by atoms with E-state index in [1.54, 1.807) is 7.05 Å². The maximum Gasteiger partial charge on any atom is 0.270 e. The maximum absolute atomic E-state index is 11.9. The predicted octanol–water partition coefficient (Wildman–Crippen LogP) is 1.79. The second kappa shape index (κ2) is 6.55. The summed E-state index contributed by atoms with van der Waals surface area (Å²) in [6.07, 6.45) is 2.31. The van der Waals surface area contributed by atoms with Gasteiger partial charge in [-0.15, -0.1) is 0 Å². The second-order valence-electron chi connectivity index (χ2n) is 4.71. The number of nitrogens with one attached hydrogen (secondary N) is 1. The Morgan fingerprint density at radius 1 is 1.47 bits per heavy atom. The molecule has 0 aromatic carbocycles. The zero-order valence-electron chi connectivity index (χ0n) is 11.3. The minimum Gasteiger partial charge on any atom is -0.312 e. The summed E-state index contributed by atoms with van der Waals surface area (Å²) in [5.41, 5.74) is 1.78. The van der Waals surface area contributed by atoms with Gasteiger partial charge in [0.15, 0.2) is 0 Å². The first-order valence-electron chi connectivity index (χ1n) is 6.34. The first kappa shape index (κ1) is 13.9. The van der Waals surface area contributed by atoms with Crippen molar-refractivity contribution in [2.24, 2.45) is 7.05 Å². The lowest BCUT2D eigenvalue weighted by Gasteiger charge is -2.10. The molecule has 0 bridgehead atoms. The number of unbranched alkanes of at least 4 members (excludes halogenated alkanes) is 1. The van der Waals surface area contributed by atoms with E-state index in [2.05, 4.69) is 31.2 Å². The Morgan fingerprint density at radius 2 is 2.18 bits per heavy atom. The van der Waals surface area contributed by atoms with E-state index in [4.69, 9.17) is 0 Å². The van der Waals surface area contributed by atoms with Gasteiger partial charge in [-0.3, -0.25) is 4.79 Å². The molecule has 0 unspecified atom stereocenters. The molecule has 1 N–H and O–H groups in total. The Labute approximate surface area is 103 Å². The van der Waals surface area contributed by atoms with Crippen LogP contribution >= 0.6 is 0 Å². The van der Waals surface area contributed by atoms with Gasteiger partial charge in [0.2, 0.25) is 0 Å². The van der Waals surface area contributed by atoms with Crippen molar-refractivity contribution < 1.29 is 0 Å². The lowest BCUT2D eigenvalue weighted by Crippen LogP contribution is -2.28. The third-order valence-electron chi connectivity index (χ3n) is 2.77. The van der Waals surface area contributed by atoms with Gasteiger partial charge in [0.25, 0.3) is 5.56 Å². The van der Waals surface area contributed by atoms with E-state index in [9.17, 15) is 4.79 Å². The van der Waals surface area contributed by atoms with Crippen molar-refractivity contribution in [3.05, 3.63) is 27.7 Å². The molecule has 0 aliphatic carbocycles. The summed E-state index contributed by atoms with van der Waals surface area (Å²) in [7, 11) is 1.71.